The fourth-order valence-electron chi connectivity index (χ4n) is 1.63. The Balaban J connectivity index is 2.71. The van der Waals surface area contributed by atoms with Crippen molar-refractivity contribution in [2.24, 2.45) is 5.92 Å². The zero-order chi connectivity index (χ0) is 12.1. The summed E-state index contributed by atoms with van der Waals surface area (Å²) >= 11 is 5.82. The molecular formula is C12H15ClO3. The van der Waals surface area contributed by atoms with Gasteiger partial charge in [-0.3, -0.25) is 4.79 Å². The van der Waals surface area contributed by atoms with E-state index in [2.05, 4.69) is 0 Å². The Morgan fingerprint density at radius 2 is 2.19 bits per heavy atom. The molecule has 16 heavy (non-hydrogen) atoms. The highest BCUT2D eigenvalue weighted by Crippen LogP contribution is 2.18. The first-order valence-electron chi connectivity index (χ1n) is 5.14. The molecule has 0 spiro atoms. The van der Waals surface area contributed by atoms with Crippen LogP contribution >= 0.6 is 11.6 Å². The zero-order valence-corrected chi connectivity index (χ0v) is 9.81. The number of carboxylic acid groups (broad SMARTS) is 1. The predicted molar refractivity (Wildman–Crippen MR) is 62.6 cm³/mol. The maximum absolute atomic E-state index is 11.0. The molecule has 0 aliphatic carbocycles. The first-order valence-corrected chi connectivity index (χ1v) is 5.52. The van der Waals surface area contributed by atoms with Crippen LogP contribution in [0, 0.1) is 5.92 Å². The van der Waals surface area contributed by atoms with E-state index in [0.717, 1.165) is 5.56 Å². The molecule has 1 rings (SSSR count). The van der Waals surface area contributed by atoms with Gasteiger partial charge in [0, 0.05) is 5.02 Å². The summed E-state index contributed by atoms with van der Waals surface area (Å²) < 4.78 is 0. The molecule has 0 aromatic heterocycles. The number of benzene rings is 1. The molecule has 88 valence electrons. The predicted octanol–water partition coefficient (Wildman–Crippen LogP) is 2.35. The lowest BCUT2D eigenvalue weighted by Crippen LogP contribution is -2.21. The summed E-state index contributed by atoms with van der Waals surface area (Å²) in [6.07, 6.45) is 0.0307. The molecule has 0 bridgehead atoms. The van der Waals surface area contributed by atoms with Crippen molar-refractivity contribution < 1.29 is 15.0 Å². The van der Waals surface area contributed by atoms with Crippen LogP contribution in [-0.2, 0) is 11.2 Å². The van der Waals surface area contributed by atoms with Crippen LogP contribution in [0.1, 0.15) is 18.9 Å². The Kier molecular flexibility index (Phi) is 4.77. The third kappa shape index (κ3) is 4.21. The van der Waals surface area contributed by atoms with Gasteiger partial charge in [0.25, 0.3) is 0 Å². The van der Waals surface area contributed by atoms with Gasteiger partial charge in [0.05, 0.1) is 12.0 Å². The van der Waals surface area contributed by atoms with Crippen LogP contribution in [0.3, 0.4) is 0 Å². The summed E-state index contributed by atoms with van der Waals surface area (Å²) in [4.78, 5) is 11.0. The number of rotatable bonds is 5. The van der Waals surface area contributed by atoms with Gasteiger partial charge in [-0.1, -0.05) is 23.7 Å². The number of aliphatic hydroxyl groups excluding tert-OH is 1. The van der Waals surface area contributed by atoms with Crippen molar-refractivity contribution in [3.63, 3.8) is 0 Å². The number of carboxylic acids is 1. The summed E-state index contributed by atoms with van der Waals surface area (Å²) in [6.45, 7) is 1.59. The Bertz CT molecular complexity index is 363. The van der Waals surface area contributed by atoms with E-state index in [0.29, 0.717) is 11.4 Å². The van der Waals surface area contributed by atoms with Gasteiger partial charge >= 0.3 is 5.97 Å². The molecule has 1 aromatic rings. The molecule has 2 atom stereocenters. The van der Waals surface area contributed by atoms with Crippen LogP contribution in [0.15, 0.2) is 24.3 Å². The molecule has 3 nitrogen and oxygen atoms in total. The Labute approximate surface area is 99.7 Å². The molecule has 0 heterocycles. The largest absolute Gasteiger partial charge is 0.481 e. The highest BCUT2D eigenvalue weighted by molar-refractivity contribution is 6.30. The fraction of sp³-hybridized carbons (Fsp3) is 0.417. The molecule has 0 amide bonds. The first kappa shape index (κ1) is 13.0. The quantitative estimate of drug-likeness (QED) is 0.833. The first-order chi connectivity index (χ1) is 7.49. The number of hydrogen-bond acceptors (Lipinski definition) is 2. The fourth-order valence-corrected chi connectivity index (χ4v) is 1.84. The second kappa shape index (κ2) is 5.87. The summed E-state index contributed by atoms with van der Waals surface area (Å²) in [5, 5.41) is 18.8. The van der Waals surface area contributed by atoms with Crippen LogP contribution in [0.4, 0.5) is 0 Å². The zero-order valence-electron chi connectivity index (χ0n) is 9.06. The molecular weight excluding hydrogens is 228 g/mol. The van der Waals surface area contributed by atoms with Crippen LogP contribution in [0.2, 0.25) is 5.02 Å². The van der Waals surface area contributed by atoms with Gasteiger partial charge in [0.1, 0.15) is 0 Å². The minimum absolute atomic E-state index is 0.252. The third-order valence-electron chi connectivity index (χ3n) is 2.35. The Hall–Kier alpha value is -1.06. The van der Waals surface area contributed by atoms with Crippen molar-refractivity contribution >= 4 is 17.6 Å². The van der Waals surface area contributed by atoms with E-state index in [1.165, 1.54) is 0 Å². The number of carbonyl (C=O) groups is 1. The van der Waals surface area contributed by atoms with Crippen LogP contribution in [0.5, 0.6) is 0 Å². The lowest BCUT2D eigenvalue weighted by atomic mass is 9.94. The van der Waals surface area contributed by atoms with E-state index >= 15 is 0 Å². The maximum atomic E-state index is 11.0. The number of aliphatic hydroxyl groups is 1. The average Bonchev–Trinajstić information content (AvgIpc) is 2.15. The van der Waals surface area contributed by atoms with Gasteiger partial charge in [-0.25, -0.2) is 0 Å². The minimum atomic E-state index is -0.888. The SMILES string of the molecule is CC(O)CC(Cc1cccc(Cl)c1)C(=O)O. The van der Waals surface area contributed by atoms with Crippen LogP contribution in [0.25, 0.3) is 0 Å². The molecule has 1 aromatic carbocycles. The van der Waals surface area contributed by atoms with Crippen LogP contribution in [-0.4, -0.2) is 22.3 Å². The minimum Gasteiger partial charge on any atom is -0.481 e. The second-order valence-electron chi connectivity index (χ2n) is 3.95. The van der Waals surface area contributed by atoms with Gasteiger partial charge in [0.15, 0.2) is 0 Å². The molecule has 0 saturated heterocycles. The Morgan fingerprint density at radius 3 is 2.69 bits per heavy atom. The second-order valence-corrected chi connectivity index (χ2v) is 4.39. The van der Waals surface area contributed by atoms with Crippen molar-refractivity contribution in [1.82, 2.24) is 0 Å². The van der Waals surface area contributed by atoms with Gasteiger partial charge < -0.3 is 10.2 Å². The van der Waals surface area contributed by atoms with Gasteiger partial charge in [-0.15, -0.1) is 0 Å². The van der Waals surface area contributed by atoms with E-state index in [1.807, 2.05) is 6.07 Å². The molecule has 0 radical (unpaired) electrons. The molecule has 0 fully saturated rings. The molecule has 2 unspecified atom stereocenters. The van der Waals surface area contributed by atoms with E-state index in [4.69, 9.17) is 16.7 Å². The standard InChI is InChI=1S/C12H15ClO3/c1-8(14)5-10(12(15)16)6-9-3-2-4-11(13)7-9/h2-4,7-8,10,14H,5-6H2,1H3,(H,15,16). The van der Waals surface area contributed by atoms with Crippen molar-refractivity contribution in [3.05, 3.63) is 34.9 Å². The third-order valence-corrected chi connectivity index (χ3v) is 2.58. The summed E-state index contributed by atoms with van der Waals surface area (Å²) in [6, 6.07) is 7.12. The summed E-state index contributed by atoms with van der Waals surface area (Å²) in [7, 11) is 0. The van der Waals surface area contributed by atoms with Crippen molar-refractivity contribution in [2.75, 3.05) is 0 Å². The lowest BCUT2D eigenvalue weighted by molar-refractivity contribution is -0.142. The summed E-state index contributed by atoms with van der Waals surface area (Å²) in [5.41, 5.74) is 0.876. The average molecular weight is 243 g/mol. The Morgan fingerprint density at radius 1 is 1.50 bits per heavy atom. The molecule has 0 aliphatic rings. The van der Waals surface area contributed by atoms with Crippen molar-refractivity contribution in [3.8, 4) is 0 Å². The van der Waals surface area contributed by atoms with Gasteiger partial charge in [0.2, 0.25) is 0 Å². The van der Waals surface area contributed by atoms with E-state index in [-0.39, 0.29) is 6.42 Å². The topological polar surface area (TPSA) is 57.5 Å². The monoisotopic (exact) mass is 242 g/mol. The molecule has 2 N–H and O–H groups in total. The van der Waals surface area contributed by atoms with E-state index in [9.17, 15) is 9.90 Å². The smallest absolute Gasteiger partial charge is 0.306 e. The molecule has 0 saturated carbocycles. The van der Waals surface area contributed by atoms with Crippen LogP contribution < -0.4 is 0 Å². The number of halogens is 1. The summed E-state index contributed by atoms with van der Waals surface area (Å²) in [5.74, 6) is -1.46. The van der Waals surface area contributed by atoms with E-state index < -0.39 is 18.0 Å². The molecule has 0 aliphatic heterocycles. The highest BCUT2D eigenvalue weighted by atomic mass is 35.5. The molecule has 4 heteroatoms. The maximum Gasteiger partial charge on any atom is 0.306 e. The van der Waals surface area contributed by atoms with Gasteiger partial charge in [-0.05, 0) is 37.5 Å². The normalized spacial score (nSPS) is 14.4. The number of aliphatic carboxylic acids is 1. The van der Waals surface area contributed by atoms with Crippen molar-refractivity contribution in [1.29, 1.82) is 0 Å². The van der Waals surface area contributed by atoms with Gasteiger partial charge in [-0.2, -0.15) is 0 Å². The van der Waals surface area contributed by atoms with Crippen molar-refractivity contribution in [2.45, 2.75) is 25.9 Å². The highest BCUT2D eigenvalue weighted by Gasteiger charge is 2.19. The number of hydrogen-bond donors (Lipinski definition) is 2. The van der Waals surface area contributed by atoms with E-state index in [1.54, 1.807) is 25.1 Å². The lowest BCUT2D eigenvalue weighted by Gasteiger charge is -2.14.